The van der Waals surface area contributed by atoms with Crippen LogP contribution in [0.5, 0.6) is 11.5 Å². The Kier molecular flexibility index (Phi) is 6.53. The molecule has 0 heterocycles. The van der Waals surface area contributed by atoms with Crippen LogP contribution in [0.2, 0.25) is 0 Å². The normalized spacial score (nSPS) is 10.7. The average molecular weight is 430 g/mol. The molecule has 0 fully saturated rings. The number of carbonyl (C=O) groups is 1. The number of amides is 1. The second-order valence-electron chi connectivity index (χ2n) is 6.33. The smallest absolute Gasteiger partial charge is 0.318 e. The third kappa shape index (κ3) is 5.31. The molecule has 0 saturated carbocycles. The summed E-state index contributed by atoms with van der Waals surface area (Å²) in [6.45, 7) is 0. The van der Waals surface area contributed by atoms with Gasteiger partial charge in [0.15, 0.2) is 0 Å². The maximum absolute atomic E-state index is 12.3. The number of rotatable bonds is 7. The summed E-state index contributed by atoms with van der Waals surface area (Å²) in [5.41, 5.74) is -0.0224. The van der Waals surface area contributed by atoms with E-state index in [2.05, 4.69) is 5.32 Å². The van der Waals surface area contributed by atoms with E-state index < -0.39 is 27.1 Å². The maximum atomic E-state index is 12.3. The molecule has 32 heavy (non-hydrogen) atoms. The number of anilines is 1. The van der Waals surface area contributed by atoms with E-state index in [4.69, 9.17) is 4.74 Å². The van der Waals surface area contributed by atoms with Crippen LogP contribution in [0.25, 0.3) is 6.08 Å². The van der Waals surface area contributed by atoms with Gasteiger partial charge in [-0.05, 0) is 42.0 Å². The Labute approximate surface area is 181 Å². The summed E-state index contributed by atoms with van der Waals surface area (Å²) in [5.74, 6) is -0.504. The Morgan fingerprint density at radius 1 is 0.969 bits per heavy atom. The quantitative estimate of drug-likeness (QED) is 0.244. The van der Waals surface area contributed by atoms with Crippen LogP contribution >= 0.6 is 0 Å². The molecule has 10 heteroatoms. The van der Waals surface area contributed by atoms with Gasteiger partial charge in [-0.2, -0.15) is 5.26 Å². The lowest BCUT2D eigenvalue weighted by molar-refractivity contribution is -0.394. The van der Waals surface area contributed by atoms with E-state index in [0.717, 1.165) is 18.2 Å². The van der Waals surface area contributed by atoms with Gasteiger partial charge in [-0.15, -0.1) is 0 Å². The number of benzene rings is 3. The molecule has 0 unspecified atom stereocenters. The molecule has 0 aliphatic rings. The van der Waals surface area contributed by atoms with Crippen LogP contribution in [-0.2, 0) is 4.79 Å². The fourth-order valence-corrected chi connectivity index (χ4v) is 2.64. The molecule has 0 aliphatic carbocycles. The van der Waals surface area contributed by atoms with Crippen LogP contribution in [0.3, 0.4) is 0 Å². The third-order valence-corrected chi connectivity index (χ3v) is 4.17. The SMILES string of the molecule is N#C/C(=C/c1ccc(Oc2ccc([N+](=O)[O-])cc2[N+](=O)[O-])cc1)C(=O)Nc1ccccc1. The van der Waals surface area contributed by atoms with Gasteiger partial charge in [-0.1, -0.05) is 30.3 Å². The lowest BCUT2D eigenvalue weighted by Crippen LogP contribution is -2.13. The summed E-state index contributed by atoms with van der Waals surface area (Å²) in [6, 6.07) is 19.7. The minimum atomic E-state index is -0.774. The van der Waals surface area contributed by atoms with Crippen molar-refractivity contribution in [2.45, 2.75) is 0 Å². The highest BCUT2D eigenvalue weighted by atomic mass is 16.6. The number of hydrogen-bond donors (Lipinski definition) is 1. The molecular weight excluding hydrogens is 416 g/mol. The van der Waals surface area contributed by atoms with Crippen molar-refractivity contribution in [2.75, 3.05) is 5.32 Å². The van der Waals surface area contributed by atoms with E-state index in [1.165, 1.54) is 18.2 Å². The number of non-ortho nitro benzene ring substituents is 1. The molecule has 0 atom stereocenters. The first kappa shape index (κ1) is 21.7. The minimum Gasteiger partial charge on any atom is -0.450 e. The van der Waals surface area contributed by atoms with Crippen LogP contribution in [0.4, 0.5) is 17.1 Å². The molecule has 0 aromatic heterocycles. The fourth-order valence-electron chi connectivity index (χ4n) is 2.64. The van der Waals surface area contributed by atoms with Crippen molar-refractivity contribution in [2.24, 2.45) is 0 Å². The zero-order valence-corrected chi connectivity index (χ0v) is 16.3. The van der Waals surface area contributed by atoms with Gasteiger partial charge in [0.05, 0.1) is 15.9 Å². The first-order chi connectivity index (χ1) is 15.4. The predicted molar refractivity (Wildman–Crippen MR) is 115 cm³/mol. The molecule has 0 spiro atoms. The zero-order valence-electron chi connectivity index (χ0n) is 16.3. The van der Waals surface area contributed by atoms with E-state index in [-0.39, 0.29) is 17.1 Å². The van der Waals surface area contributed by atoms with Crippen molar-refractivity contribution in [3.63, 3.8) is 0 Å². The molecular formula is C22H14N4O6. The van der Waals surface area contributed by atoms with Gasteiger partial charge in [-0.3, -0.25) is 25.0 Å². The van der Waals surface area contributed by atoms with Crippen molar-refractivity contribution < 1.29 is 19.4 Å². The summed E-state index contributed by atoms with van der Waals surface area (Å²) in [4.78, 5) is 32.8. The number of nitriles is 1. The Hall–Kier alpha value is -5.04. The van der Waals surface area contributed by atoms with E-state index >= 15 is 0 Å². The molecule has 0 saturated heterocycles. The van der Waals surface area contributed by atoms with E-state index in [1.54, 1.807) is 42.5 Å². The first-order valence-electron chi connectivity index (χ1n) is 9.06. The lowest BCUT2D eigenvalue weighted by Gasteiger charge is -2.07. The third-order valence-electron chi connectivity index (χ3n) is 4.17. The second kappa shape index (κ2) is 9.64. The molecule has 1 amide bonds. The standard InChI is InChI=1S/C22H14N4O6/c23-14-16(22(27)24-17-4-2-1-3-5-17)12-15-6-9-19(10-7-15)32-21-11-8-18(25(28)29)13-20(21)26(30)31/h1-13H,(H,24,27)/b16-12-. The van der Waals surface area contributed by atoms with Gasteiger partial charge in [0.25, 0.3) is 11.6 Å². The number of nitro benzene ring substituents is 2. The maximum Gasteiger partial charge on any atom is 0.318 e. The van der Waals surface area contributed by atoms with Gasteiger partial charge < -0.3 is 10.1 Å². The number of hydrogen-bond acceptors (Lipinski definition) is 7. The van der Waals surface area contributed by atoms with Crippen molar-refractivity contribution in [1.82, 2.24) is 0 Å². The Morgan fingerprint density at radius 3 is 2.25 bits per heavy atom. The lowest BCUT2D eigenvalue weighted by atomic mass is 10.1. The summed E-state index contributed by atoms with van der Waals surface area (Å²) in [5, 5.41) is 34.0. The van der Waals surface area contributed by atoms with Crippen LogP contribution < -0.4 is 10.1 Å². The number of para-hydroxylation sites is 1. The largest absolute Gasteiger partial charge is 0.450 e. The van der Waals surface area contributed by atoms with Crippen LogP contribution in [0.1, 0.15) is 5.56 Å². The van der Waals surface area contributed by atoms with Crippen molar-refractivity contribution in [3.8, 4) is 17.6 Å². The highest BCUT2D eigenvalue weighted by Gasteiger charge is 2.21. The number of nitro groups is 2. The molecule has 3 aromatic carbocycles. The molecule has 3 rings (SSSR count). The van der Waals surface area contributed by atoms with E-state index in [0.29, 0.717) is 11.3 Å². The summed E-state index contributed by atoms with van der Waals surface area (Å²) < 4.78 is 5.49. The summed E-state index contributed by atoms with van der Waals surface area (Å²) in [6.07, 6.45) is 1.39. The van der Waals surface area contributed by atoms with E-state index in [9.17, 15) is 30.3 Å². The number of nitrogens with one attached hydrogen (secondary N) is 1. The number of nitrogens with zero attached hydrogens (tertiary/aromatic N) is 3. The molecule has 0 aliphatic heterocycles. The van der Waals surface area contributed by atoms with Gasteiger partial charge in [0, 0.05) is 11.8 Å². The first-order valence-corrected chi connectivity index (χ1v) is 9.06. The van der Waals surface area contributed by atoms with Crippen molar-refractivity contribution in [1.29, 1.82) is 5.26 Å². The highest BCUT2D eigenvalue weighted by Crippen LogP contribution is 2.34. The summed E-state index contributed by atoms with van der Waals surface area (Å²) in [7, 11) is 0. The molecule has 158 valence electrons. The highest BCUT2D eigenvalue weighted by molar-refractivity contribution is 6.09. The van der Waals surface area contributed by atoms with Crippen LogP contribution in [0, 0.1) is 31.6 Å². The van der Waals surface area contributed by atoms with Gasteiger partial charge in [-0.25, -0.2) is 0 Å². The van der Waals surface area contributed by atoms with Gasteiger partial charge in [0.1, 0.15) is 17.4 Å². The Bertz CT molecular complexity index is 1250. The van der Waals surface area contributed by atoms with Gasteiger partial charge >= 0.3 is 5.69 Å². The predicted octanol–water partition coefficient (Wildman–Crippen LogP) is 4.84. The Balaban J connectivity index is 1.77. The molecule has 3 aromatic rings. The average Bonchev–Trinajstić information content (AvgIpc) is 2.79. The zero-order chi connectivity index (χ0) is 23.1. The Morgan fingerprint density at radius 2 is 1.66 bits per heavy atom. The molecule has 0 radical (unpaired) electrons. The summed E-state index contributed by atoms with van der Waals surface area (Å²) >= 11 is 0. The topological polar surface area (TPSA) is 148 Å². The van der Waals surface area contributed by atoms with Gasteiger partial charge in [0.2, 0.25) is 5.75 Å². The number of ether oxygens (including phenoxy) is 1. The minimum absolute atomic E-state index is 0.117. The molecule has 1 N–H and O–H groups in total. The molecule has 0 bridgehead atoms. The fraction of sp³-hybridized carbons (Fsp3) is 0. The number of carbonyl (C=O) groups excluding carboxylic acids is 1. The van der Waals surface area contributed by atoms with Crippen LogP contribution in [-0.4, -0.2) is 15.8 Å². The monoisotopic (exact) mass is 430 g/mol. The molecule has 10 nitrogen and oxygen atoms in total. The van der Waals surface area contributed by atoms with E-state index in [1.807, 2.05) is 6.07 Å². The van der Waals surface area contributed by atoms with Crippen molar-refractivity contribution in [3.05, 3.63) is 104 Å². The van der Waals surface area contributed by atoms with Crippen molar-refractivity contribution >= 4 is 29.0 Å². The van der Waals surface area contributed by atoms with Crippen LogP contribution in [0.15, 0.2) is 78.4 Å². The second-order valence-corrected chi connectivity index (χ2v) is 6.33.